The molecule has 0 aliphatic carbocycles. The van der Waals surface area contributed by atoms with E-state index in [1.165, 1.54) is 0 Å². The van der Waals surface area contributed by atoms with Gasteiger partial charge in [-0.25, -0.2) is 4.98 Å². The van der Waals surface area contributed by atoms with Crippen molar-refractivity contribution in [3.05, 3.63) is 48.0 Å². The lowest BCUT2D eigenvalue weighted by Crippen LogP contribution is -2.14. The van der Waals surface area contributed by atoms with Gasteiger partial charge in [0.05, 0.1) is 5.56 Å². The fourth-order valence-electron chi connectivity index (χ4n) is 2.00. The summed E-state index contributed by atoms with van der Waals surface area (Å²) < 4.78 is 5.67. The molecule has 0 fully saturated rings. The van der Waals surface area contributed by atoms with E-state index in [1.54, 1.807) is 32.0 Å². The van der Waals surface area contributed by atoms with Gasteiger partial charge in [0.25, 0.3) is 0 Å². The predicted octanol–water partition coefficient (Wildman–Crippen LogP) is 3.32. The molecule has 1 aromatic heterocycles. The maximum Gasteiger partial charge on any atom is 0.231 e. The lowest BCUT2D eigenvalue weighted by atomic mass is 10.1. The molecule has 2 N–H and O–H groups in total. The number of nitrogens with zero attached hydrogens (tertiary/aromatic N) is 1. The van der Waals surface area contributed by atoms with Crippen molar-refractivity contribution in [2.45, 2.75) is 19.4 Å². The summed E-state index contributed by atoms with van der Waals surface area (Å²) in [6, 6.07) is 12.3. The number of fused-ring (bicyclic) bond motifs is 1. The summed E-state index contributed by atoms with van der Waals surface area (Å²) in [5, 5.41) is 19.7. The average molecular weight is 293 g/mol. The van der Waals surface area contributed by atoms with Gasteiger partial charge in [0.2, 0.25) is 5.89 Å². The first kappa shape index (κ1) is 14.2. The molecule has 1 heterocycles. The van der Waals surface area contributed by atoms with Crippen LogP contribution in [0.3, 0.4) is 0 Å². The molecular weight excluding hydrogens is 278 g/mol. The molecule has 4 nitrogen and oxygen atoms in total. The molecule has 4 heteroatoms. The third kappa shape index (κ3) is 2.95. The number of phenolic OH excluding ortho intramolecular Hbond substituents is 1. The van der Waals surface area contributed by atoms with E-state index in [0.717, 1.165) is 5.52 Å². The zero-order valence-electron chi connectivity index (χ0n) is 12.3. The van der Waals surface area contributed by atoms with E-state index < -0.39 is 5.60 Å². The van der Waals surface area contributed by atoms with Crippen LogP contribution in [-0.2, 0) is 0 Å². The SMILES string of the molecule is CC(C)(O)C#Cc1ccc(O)c(-c2nc3ccccc3o2)c1. The van der Waals surface area contributed by atoms with Crippen molar-refractivity contribution < 1.29 is 14.6 Å². The first-order valence-corrected chi connectivity index (χ1v) is 6.87. The minimum atomic E-state index is -1.07. The topological polar surface area (TPSA) is 66.5 Å². The number of hydrogen-bond donors (Lipinski definition) is 2. The molecule has 2 aromatic carbocycles. The van der Waals surface area contributed by atoms with Crippen molar-refractivity contribution in [2.24, 2.45) is 0 Å². The Hall–Kier alpha value is -2.77. The smallest absolute Gasteiger partial charge is 0.231 e. The summed E-state index contributed by atoms with van der Waals surface area (Å²) in [6.07, 6.45) is 0. The highest BCUT2D eigenvalue weighted by atomic mass is 16.3. The standard InChI is InChI=1S/C18H15NO3/c1-18(2,21)10-9-12-7-8-15(20)13(11-12)17-19-14-5-3-4-6-16(14)22-17/h3-8,11,20-21H,1-2H3. The molecule has 3 aromatic rings. The van der Waals surface area contributed by atoms with Crippen LogP contribution >= 0.6 is 0 Å². The molecular formula is C18H15NO3. The van der Waals surface area contributed by atoms with Crippen LogP contribution in [0.15, 0.2) is 46.9 Å². The van der Waals surface area contributed by atoms with Gasteiger partial charge in [-0.2, -0.15) is 0 Å². The molecule has 0 spiro atoms. The lowest BCUT2D eigenvalue weighted by Gasteiger charge is -2.06. The fourth-order valence-corrected chi connectivity index (χ4v) is 2.00. The summed E-state index contributed by atoms with van der Waals surface area (Å²) in [5.74, 6) is 6.02. The average Bonchev–Trinajstić information content (AvgIpc) is 2.89. The zero-order chi connectivity index (χ0) is 15.7. The van der Waals surface area contributed by atoms with Gasteiger partial charge >= 0.3 is 0 Å². The third-order valence-electron chi connectivity index (χ3n) is 3.03. The molecule has 0 amide bonds. The van der Waals surface area contributed by atoms with Crippen LogP contribution < -0.4 is 0 Å². The first-order valence-electron chi connectivity index (χ1n) is 6.87. The number of aliphatic hydroxyl groups is 1. The number of aromatic hydroxyl groups is 1. The van der Waals surface area contributed by atoms with Gasteiger partial charge in [0.15, 0.2) is 5.58 Å². The molecule has 0 atom stereocenters. The molecule has 22 heavy (non-hydrogen) atoms. The second kappa shape index (κ2) is 5.21. The number of hydrogen-bond acceptors (Lipinski definition) is 4. The lowest BCUT2D eigenvalue weighted by molar-refractivity contribution is 0.143. The van der Waals surface area contributed by atoms with E-state index in [4.69, 9.17) is 4.42 Å². The molecule has 3 rings (SSSR count). The second-order valence-electron chi connectivity index (χ2n) is 5.53. The fraction of sp³-hybridized carbons (Fsp3) is 0.167. The number of benzene rings is 2. The van der Waals surface area contributed by atoms with E-state index in [-0.39, 0.29) is 5.75 Å². The highest BCUT2D eigenvalue weighted by Gasteiger charge is 2.13. The zero-order valence-corrected chi connectivity index (χ0v) is 12.3. The van der Waals surface area contributed by atoms with Crippen LogP contribution in [0.1, 0.15) is 19.4 Å². The molecule has 0 saturated heterocycles. The maximum absolute atomic E-state index is 10.0. The highest BCUT2D eigenvalue weighted by Crippen LogP contribution is 2.31. The van der Waals surface area contributed by atoms with Crippen molar-refractivity contribution in [3.63, 3.8) is 0 Å². The van der Waals surface area contributed by atoms with Gasteiger partial charge in [0.1, 0.15) is 16.9 Å². The van der Waals surface area contributed by atoms with Gasteiger partial charge in [-0.05, 0) is 44.2 Å². The molecule has 0 saturated carbocycles. The van der Waals surface area contributed by atoms with Gasteiger partial charge in [0, 0.05) is 5.56 Å². The monoisotopic (exact) mass is 293 g/mol. The normalized spacial score (nSPS) is 11.2. The van der Waals surface area contributed by atoms with Gasteiger partial charge < -0.3 is 14.6 Å². The van der Waals surface area contributed by atoms with Crippen molar-refractivity contribution in [3.8, 4) is 29.0 Å². The Labute approximate surface area is 128 Å². The minimum absolute atomic E-state index is 0.0698. The van der Waals surface area contributed by atoms with Crippen molar-refractivity contribution in [2.75, 3.05) is 0 Å². The van der Waals surface area contributed by atoms with E-state index in [0.29, 0.717) is 22.6 Å². The van der Waals surface area contributed by atoms with Crippen molar-refractivity contribution in [1.82, 2.24) is 4.98 Å². The molecule has 110 valence electrons. The van der Waals surface area contributed by atoms with E-state index in [1.807, 2.05) is 24.3 Å². The van der Waals surface area contributed by atoms with E-state index in [9.17, 15) is 10.2 Å². The summed E-state index contributed by atoms with van der Waals surface area (Å²) in [7, 11) is 0. The minimum Gasteiger partial charge on any atom is -0.507 e. The van der Waals surface area contributed by atoms with E-state index >= 15 is 0 Å². The van der Waals surface area contributed by atoms with Gasteiger partial charge in [-0.3, -0.25) is 0 Å². The quantitative estimate of drug-likeness (QED) is 0.675. The predicted molar refractivity (Wildman–Crippen MR) is 84.3 cm³/mol. The van der Waals surface area contributed by atoms with Crippen LogP contribution in [0, 0.1) is 11.8 Å². The molecule has 0 bridgehead atoms. The third-order valence-corrected chi connectivity index (χ3v) is 3.03. The van der Waals surface area contributed by atoms with Crippen LogP contribution in [0.2, 0.25) is 0 Å². The number of rotatable bonds is 1. The molecule has 0 radical (unpaired) electrons. The van der Waals surface area contributed by atoms with E-state index in [2.05, 4.69) is 16.8 Å². The Kier molecular flexibility index (Phi) is 3.36. The van der Waals surface area contributed by atoms with Crippen LogP contribution in [0.5, 0.6) is 5.75 Å². The Morgan fingerprint density at radius 3 is 2.64 bits per heavy atom. The Morgan fingerprint density at radius 2 is 1.91 bits per heavy atom. The van der Waals surface area contributed by atoms with Crippen LogP contribution in [0.4, 0.5) is 0 Å². The van der Waals surface area contributed by atoms with Gasteiger partial charge in [-0.1, -0.05) is 24.0 Å². The maximum atomic E-state index is 10.0. The Bertz CT molecular complexity index is 859. The van der Waals surface area contributed by atoms with Crippen LogP contribution in [-0.4, -0.2) is 20.8 Å². The first-order chi connectivity index (χ1) is 10.4. The number of para-hydroxylation sites is 2. The molecule has 0 aliphatic rings. The summed E-state index contributed by atoms with van der Waals surface area (Å²) >= 11 is 0. The van der Waals surface area contributed by atoms with Crippen molar-refractivity contribution >= 4 is 11.1 Å². The Balaban J connectivity index is 2.07. The summed E-state index contributed by atoms with van der Waals surface area (Å²) in [5.41, 5.74) is 1.45. The number of oxazole rings is 1. The Morgan fingerprint density at radius 1 is 1.14 bits per heavy atom. The largest absolute Gasteiger partial charge is 0.507 e. The molecule has 0 aliphatic heterocycles. The summed E-state index contributed by atoms with van der Waals surface area (Å²) in [6.45, 7) is 3.23. The summed E-state index contributed by atoms with van der Waals surface area (Å²) in [4.78, 5) is 4.37. The van der Waals surface area contributed by atoms with Gasteiger partial charge in [-0.15, -0.1) is 0 Å². The highest BCUT2D eigenvalue weighted by molar-refractivity contribution is 5.77. The number of phenols is 1. The van der Waals surface area contributed by atoms with Crippen LogP contribution in [0.25, 0.3) is 22.6 Å². The molecule has 0 unspecified atom stereocenters. The van der Waals surface area contributed by atoms with Crippen molar-refractivity contribution in [1.29, 1.82) is 0 Å². The number of aromatic nitrogens is 1. The second-order valence-corrected chi connectivity index (χ2v) is 5.53.